The molecule has 2 heterocycles. The number of nitriles is 1. The van der Waals surface area contributed by atoms with Crippen molar-refractivity contribution in [3.63, 3.8) is 0 Å². The summed E-state index contributed by atoms with van der Waals surface area (Å²) < 4.78 is 2.01. The van der Waals surface area contributed by atoms with Crippen LogP contribution in [0.3, 0.4) is 0 Å². The van der Waals surface area contributed by atoms with Crippen molar-refractivity contribution in [1.29, 1.82) is 5.26 Å². The molecular formula is C21H24N6. The lowest BCUT2D eigenvalue weighted by Gasteiger charge is -2.31. The predicted molar refractivity (Wildman–Crippen MR) is 106 cm³/mol. The maximum absolute atomic E-state index is 9.11. The standard InChI is InChI=1S/C21H24N6/c1-21(2,3)14-27(20-9-10-24-19(11-22)25-20)13-16-5-7-17(8-6-16)18-12-23-15-26(18)4/h5-10,12,15H,13-14H2,1-4H3. The van der Waals surface area contributed by atoms with E-state index in [0.29, 0.717) is 6.54 Å². The first kappa shape index (κ1) is 18.6. The van der Waals surface area contributed by atoms with E-state index >= 15 is 0 Å². The number of aryl methyl sites for hydroxylation is 1. The lowest BCUT2D eigenvalue weighted by molar-refractivity contribution is 0.407. The minimum Gasteiger partial charge on any atom is -0.352 e. The van der Waals surface area contributed by atoms with Gasteiger partial charge in [0.2, 0.25) is 5.82 Å². The maximum Gasteiger partial charge on any atom is 0.234 e. The number of nitrogens with zero attached hydrogens (tertiary/aromatic N) is 6. The molecule has 3 aromatic rings. The molecule has 0 radical (unpaired) electrons. The zero-order valence-electron chi connectivity index (χ0n) is 16.2. The zero-order chi connectivity index (χ0) is 19.4. The third kappa shape index (κ3) is 4.70. The summed E-state index contributed by atoms with van der Waals surface area (Å²) in [4.78, 5) is 14.7. The summed E-state index contributed by atoms with van der Waals surface area (Å²) in [5, 5.41) is 9.11. The van der Waals surface area contributed by atoms with Gasteiger partial charge in [-0.2, -0.15) is 5.26 Å². The van der Waals surface area contributed by atoms with E-state index in [1.807, 2.05) is 29.9 Å². The molecule has 0 spiro atoms. The molecule has 0 N–H and O–H groups in total. The third-order valence-electron chi connectivity index (χ3n) is 4.17. The van der Waals surface area contributed by atoms with Gasteiger partial charge in [-0.25, -0.2) is 15.0 Å². The Balaban J connectivity index is 1.85. The minimum absolute atomic E-state index is 0.0897. The van der Waals surface area contributed by atoms with Gasteiger partial charge in [0.1, 0.15) is 11.9 Å². The first-order valence-electron chi connectivity index (χ1n) is 8.89. The molecule has 0 saturated carbocycles. The van der Waals surface area contributed by atoms with Gasteiger partial charge in [0, 0.05) is 26.3 Å². The Morgan fingerprint density at radius 3 is 2.48 bits per heavy atom. The van der Waals surface area contributed by atoms with Crippen LogP contribution in [0.1, 0.15) is 32.2 Å². The van der Waals surface area contributed by atoms with Gasteiger partial charge >= 0.3 is 0 Å². The largest absolute Gasteiger partial charge is 0.352 e. The molecule has 0 aliphatic carbocycles. The Morgan fingerprint density at radius 2 is 1.89 bits per heavy atom. The summed E-state index contributed by atoms with van der Waals surface area (Å²) in [6, 6.07) is 12.4. The summed E-state index contributed by atoms with van der Waals surface area (Å²) in [6.07, 6.45) is 5.31. The molecular weight excluding hydrogens is 336 g/mol. The van der Waals surface area contributed by atoms with Crippen molar-refractivity contribution in [2.75, 3.05) is 11.4 Å². The smallest absolute Gasteiger partial charge is 0.234 e. The number of hydrogen-bond acceptors (Lipinski definition) is 5. The second-order valence-electron chi connectivity index (χ2n) is 7.85. The zero-order valence-corrected chi connectivity index (χ0v) is 16.2. The fourth-order valence-corrected chi connectivity index (χ4v) is 3.01. The fraction of sp³-hybridized carbons (Fsp3) is 0.333. The van der Waals surface area contributed by atoms with E-state index in [1.165, 1.54) is 5.56 Å². The Bertz CT molecular complexity index is 944. The number of hydrogen-bond donors (Lipinski definition) is 0. The van der Waals surface area contributed by atoms with E-state index < -0.39 is 0 Å². The average Bonchev–Trinajstić information content (AvgIpc) is 3.07. The monoisotopic (exact) mass is 360 g/mol. The van der Waals surface area contributed by atoms with Crippen LogP contribution in [0, 0.1) is 16.7 Å². The normalized spacial score (nSPS) is 11.2. The molecule has 0 fully saturated rings. The molecule has 0 atom stereocenters. The summed E-state index contributed by atoms with van der Waals surface area (Å²) in [6.45, 7) is 8.11. The molecule has 0 saturated heterocycles. The summed E-state index contributed by atoms with van der Waals surface area (Å²) >= 11 is 0. The van der Waals surface area contributed by atoms with Gasteiger partial charge in [0.25, 0.3) is 0 Å². The molecule has 0 unspecified atom stereocenters. The molecule has 1 aromatic carbocycles. The second kappa shape index (κ2) is 7.58. The van der Waals surface area contributed by atoms with Crippen molar-refractivity contribution in [1.82, 2.24) is 19.5 Å². The van der Waals surface area contributed by atoms with Crippen LogP contribution in [-0.2, 0) is 13.6 Å². The van der Waals surface area contributed by atoms with Crippen LogP contribution in [0.15, 0.2) is 49.1 Å². The molecule has 27 heavy (non-hydrogen) atoms. The highest BCUT2D eigenvalue weighted by atomic mass is 15.2. The molecule has 0 amide bonds. The summed E-state index contributed by atoms with van der Waals surface area (Å²) in [5.41, 5.74) is 3.49. The minimum atomic E-state index is 0.0897. The van der Waals surface area contributed by atoms with Crippen molar-refractivity contribution in [2.24, 2.45) is 12.5 Å². The molecule has 0 bridgehead atoms. The topological polar surface area (TPSA) is 70.6 Å². The van der Waals surface area contributed by atoms with Gasteiger partial charge in [-0.05, 0) is 22.6 Å². The lowest BCUT2D eigenvalue weighted by Crippen LogP contribution is -2.33. The van der Waals surface area contributed by atoms with Crippen molar-refractivity contribution in [2.45, 2.75) is 27.3 Å². The van der Waals surface area contributed by atoms with Crippen molar-refractivity contribution < 1.29 is 0 Å². The van der Waals surface area contributed by atoms with Gasteiger partial charge < -0.3 is 9.47 Å². The number of aromatic nitrogens is 4. The highest BCUT2D eigenvalue weighted by molar-refractivity contribution is 5.59. The SMILES string of the molecule is Cn1cncc1-c1ccc(CN(CC(C)(C)C)c2ccnc(C#N)n2)cc1. The van der Waals surface area contributed by atoms with Crippen LogP contribution < -0.4 is 4.90 Å². The summed E-state index contributed by atoms with van der Waals surface area (Å²) in [5.74, 6) is 0.963. The maximum atomic E-state index is 9.11. The van der Waals surface area contributed by atoms with Crippen LogP contribution in [-0.4, -0.2) is 26.1 Å². The Labute approximate surface area is 160 Å². The Kier molecular flexibility index (Phi) is 5.22. The van der Waals surface area contributed by atoms with E-state index in [-0.39, 0.29) is 11.2 Å². The van der Waals surface area contributed by atoms with Gasteiger partial charge in [0.05, 0.1) is 18.2 Å². The molecule has 138 valence electrons. The molecule has 6 nitrogen and oxygen atoms in total. The van der Waals surface area contributed by atoms with Gasteiger partial charge in [0.15, 0.2) is 0 Å². The molecule has 0 aliphatic rings. The lowest BCUT2D eigenvalue weighted by atomic mass is 9.95. The first-order valence-corrected chi connectivity index (χ1v) is 8.89. The van der Waals surface area contributed by atoms with Crippen molar-refractivity contribution >= 4 is 5.82 Å². The third-order valence-corrected chi connectivity index (χ3v) is 4.17. The first-order chi connectivity index (χ1) is 12.9. The van der Waals surface area contributed by atoms with Crippen LogP contribution >= 0.6 is 0 Å². The van der Waals surface area contributed by atoms with E-state index in [1.54, 1.807) is 12.5 Å². The Morgan fingerprint density at radius 1 is 1.15 bits per heavy atom. The van der Waals surface area contributed by atoms with E-state index in [9.17, 15) is 0 Å². The van der Waals surface area contributed by atoms with Crippen LogP contribution in [0.4, 0.5) is 5.82 Å². The van der Waals surface area contributed by atoms with Gasteiger partial charge in [-0.3, -0.25) is 0 Å². The second-order valence-corrected chi connectivity index (χ2v) is 7.85. The molecule has 0 aliphatic heterocycles. The van der Waals surface area contributed by atoms with Crippen LogP contribution in [0.2, 0.25) is 0 Å². The number of anilines is 1. The number of rotatable bonds is 5. The van der Waals surface area contributed by atoms with Gasteiger partial charge in [-0.1, -0.05) is 45.0 Å². The van der Waals surface area contributed by atoms with Crippen molar-refractivity contribution in [3.05, 3.63) is 60.4 Å². The molecule has 6 heteroatoms. The fourth-order valence-electron chi connectivity index (χ4n) is 3.01. The number of imidazole rings is 1. The van der Waals surface area contributed by atoms with Crippen LogP contribution in [0.25, 0.3) is 11.3 Å². The van der Waals surface area contributed by atoms with E-state index in [0.717, 1.165) is 23.6 Å². The van der Waals surface area contributed by atoms with Crippen LogP contribution in [0.5, 0.6) is 0 Å². The van der Waals surface area contributed by atoms with Gasteiger partial charge in [-0.15, -0.1) is 0 Å². The van der Waals surface area contributed by atoms with E-state index in [2.05, 4.69) is 64.9 Å². The quantitative estimate of drug-likeness (QED) is 0.692. The highest BCUT2D eigenvalue weighted by Gasteiger charge is 2.19. The molecule has 3 rings (SSSR count). The predicted octanol–water partition coefficient (Wildman–Crippen LogP) is 3.80. The number of benzene rings is 1. The highest BCUT2D eigenvalue weighted by Crippen LogP contribution is 2.24. The van der Waals surface area contributed by atoms with Crippen molar-refractivity contribution in [3.8, 4) is 17.3 Å². The average molecular weight is 360 g/mol. The van der Waals surface area contributed by atoms with E-state index in [4.69, 9.17) is 5.26 Å². The summed E-state index contributed by atoms with van der Waals surface area (Å²) in [7, 11) is 1.99. The molecule has 2 aromatic heterocycles. The Hall–Kier alpha value is -3.20.